The molecule has 3 nitrogen and oxygen atoms in total. The monoisotopic (exact) mass is 310 g/mol. The summed E-state index contributed by atoms with van der Waals surface area (Å²) in [4.78, 5) is 4.58. The average molecular weight is 310 g/mol. The highest BCUT2D eigenvalue weighted by Gasteiger charge is 2.36. The molecule has 1 aliphatic rings. The zero-order chi connectivity index (χ0) is 16.1. The van der Waals surface area contributed by atoms with Crippen molar-refractivity contribution in [1.82, 2.24) is 9.80 Å². The first-order valence-corrected chi connectivity index (χ1v) is 8.34. The van der Waals surface area contributed by atoms with E-state index in [2.05, 4.69) is 65.4 Å². The van der Waals surface area contributed by atoms with Gasteiger partial charge in [0.15, 0.2) is 0 Å². The van der Waals surface area contributed by atoms with E-state index in [4.69, 9.17) is 0 Å². The fourth-order valence-corrected chi connectivity index (χ4v) is 3.50. The van der Waals surface area contributed by atoms with Crippen LogP contribution in [0.25, 0.3) is 0 Å². The number of β-amino-alcohol motifs (C(OH)–C–C–N with tert-alkyl or cyclic N) is 1. The van der Waals surface area contributed by atoms with Gasteiger partial charge in [-0.05, 0) is 24.6 Å². The van der Waals surface area contributed by atoms with Crippen LogP contribution in [0.3, 0.4) is 0 Å². The van der Waals surface area contributed by atoms with E-state index in [0.717, 1.165) is 32.6 Å². The van der Waals surface area contributed by atoms with Crippen LogP contribution in [0.4, 0.5) is 0 Å². The molecule has 122 valence electrons. The Morgan fingerprint density at radius 2 is 1.61 bits per heavy atom. The summed E-state index contributed by atoms with van der Waals surface area (Å²) >= 11 is 0. The SMILES string of the molecule is CN(Cc1ccccc1)CC1(O)CCN(Cc2ccccc2)C1. The van der Waals surface area contributed by atoms with E-state index < -0.39 is 5.60 Å². The summed E-state index contributed by atoms with van der Waals surface area (Å²) in [7, 11) is 2.09. The van der Waals surface area contributed by atoms with Gasteiger partial charge >= 0.3 is 0 Å². The summed E-state index contributed by atoms with van der Waals surface area (Å²) in [5, 5.41) is 10.9. The summed E-state index contributed by atoms with van der Waals surface area (Å²) in [6.45, 7) is 4.23. The third kappa shape index (κ3) is 4.64. The number of nitrogens with zero attached hydrogens (tertiary/aromatic N) is 2. The lowest BCUT2D eigenvalue weighted by Crippen LogP contribution is -2.43. The van der Waals surface area contributed by atoms with Crippen molar-refractivity contribution in [3.63, 3.8) is 0 Å². The number of likely N-dealkylation sites (tertiary alicyclic amines) is 1. The van der Waals surface area contributed by atoms with Gasteiger partial charge < -0.3 is 5.11 Å². The third-order valence-corrected chi connectivity index (χ3v) is 4.52. The Morgan fingerprint density at radius 3 is 2.26 bits per heavy atom. The van der Waals surface area contributed by atoms with Gasteiger partial charge in [-0.3, -0.25) is 9.80 Å². The van der Waals surface area contributed by atoms with Gasteiger partial charge in [0.2, 0.25) is 0 Å². The maximum atomic E-state index is 10.9. The molecule has 1 heterocycles. The molecule has 0 saturated carbocycles. The van der Waals surface area contributed by atoms with Crippen LogP contribution < -0.4 is 0 Å². The van der Waals surface area contributed by atoms with Gasteiger partial charge in [0.25, 0.3) is 0 Å². The molecule has 1 aliphatic heterocycles. The molecule has 1 saturated heterocycles. The number of hydrogen-bond acceptors (Lipinski definition) is 3. The summed E-state index contributed by atoms with van der Waals surface area (Å²) in [6.07, 6.45) is 0.846. The molecule has 0 radical (unpaired) electrons. The van der Waals surface area contributed by atoms with E-state index in [-0.39, 0.29) is 0 Å². The molecule has 0 aliphatic carbocycles. The Labute approximate surface area is 139 Å². The smallest absolute Gasteiger partial charge is 0.0912 e. The second kappa shape index (κ2) is 7.26. The topological polar surface area (TPSA) is 26.7 Å². The van der Waals surface area contributed by atoms with Gasteiger partial charge in [-0.25, -0.2) is 0 Å². The lowest BCUT2D eigenvalue weighted by molar-refractivity contribution is 0.0162. The van der Waals surface area contributed by atoms with E-state index >= 15 is 0 Å². The zero-order valence-electron chi connectivity index (χ0n) is 13.9. The van der Waals surface area contributed by atoms with Gasteiger partial charge in [0.05, 0.1) is 5.60 Å². The quantitative estimate of drug-likeness (QED) is 0.889. The van der Waals surface area contributed by atoms with Crippen LogP contribution >= 0.6 is 0 Å². The van der Waals surface area contributed by atoms with Crippen molar-refractivity contribution in [3.8, 4) is 0 Å². The van der Waals surface area contributed by atoms with Gasteiger partial charge in [0.1, 0.15) is 0 Å². The molecular formula is C20H26N2O. The van der Waals surface area contributed by atoms with Crippen LogP contribution in [0, 0.1) is 0 Å². The minimum absolute atomic E-state index is 0.599. The van der Waals surface area contributed by atoms with Crippen LogP contribution in [0.2, 0.25) is 0 Å². The molecule has 0 bridgehead atoms. The number of aliphatic hydroxyl groups is 1. The van der Waals surface area contributed by atoms with Crippen molar-refractivity contribution in [2.75, 3.05) is 26.7 Å². The van der Waals surface area contributed by atoms with Crippen molar-refractivity contribution in [1.29, 1.82) is 0 Å². The van der Waals surface area contributed by atoms with Gasteiger partial charge in [0, 0.05) is 32.7 Å². The van der Waals surface area contributed by atoms with E-state index in [1.165, 1.54) is 11.1 Å². The first kappa shape index (κ1) is 16.2. The number of rotatable bonds is 6. The molecule has 3 rings (SSSR count). The molecule has 3 heteroatoms. The number of benzene rings is 2. The predicted molar refractivity (Wildman–Crippen MR) is 94.1 cm³/mol. The summed E-state index contributed by atoms with van der Waals surface area (Å²) in [6, 6.07) is 20.9. The Morgan fingerprint density at radius 1 is 1.00 bits per heavy atom. The van der Waals surface area contributed by atoms with Crippen LogP contribution in [0.15, 0.2) is 60.7 Å². The molecule has 1 fully saturated rings. The first-order valence-electron chi connectivity index (χ1n) is 8.34. The van der Waals surface area contributed by atoms with Crippen molar-refractivity contribution in [3.05, 3.63) is 71.8 Å². The molecule has 2 aromatic rings. The average Bonchev–Trinajstić information content (AvgIpc) is 2.89. The minimum Gasteiger partial charge on any atom is -0.387 e. The molecule has 1 atom stereocenters. The molecule has 0 amide bonds. The Bertz CT molecular complexity index is 602. The first-order chi connectivity index (χ1) is 11.1. The largest absolute Gasteiger partial charge is 0.387 e. The van der Waals surface area contributed by atoms with E-state index in [1.54, 1.807) is 0 Å². The lowest BCUT2D eigenvalue weighted by atomic mass is 10.0. The highest BCUT2D eigenvalue weighted by atomic mass is 16.3. The Hall–Kier alpha value is -1.68. The van der Waals surface area contributed by atoms with Crippen LogP contribution in [0.5, 0.6) is 0 Å². The molecular weight excluding hydrogens is 284 g/mol. The van der Waals surface area contributed by atoms with Crippen molar-refractivity contribution < 1.29 is 5.11 Å². The molecule has 2 aromatic carbocycles. The highest BCUT2D eigenvalue weighted by Crippen LogP contribution is 2.24. The molecule has 0 spiro atoms. The maximum absolute atomic E-state index is 10.9. The van der Waals surface area contributed by atoms with Gasteiger partial charge in [-0.1, -0.05) is 60.7 Å². The van der Waals surface area contributed by atoms with Crippen LogP contribution in [-0.2, 0) is 13.1 Å². The van der Waals surface area contributed by atoms with Crippen LogP contribution in [-0.4, -0.2) is 47.2 Å². The van der Waals surface area contributed by atoms with Crippen molar-refractivity contribution in [2.45, 2.75) is 25.1 Å². The normalized spacial score (nSPS) is 21.9. The fraction of sp³-hybridized carbons (Fsp3) is 0.400. The molecule has 0 aromatic heterocycles. The van der Waals surface area contributed by atoms with Crippen LogP contribution in [0.1, 0.15) is 17.5 Å². The summed E-state index contributed by atoms with van der Waals surface area (Å²) < 4.78 is 0. The van der Waals surface area contributed by atoms with Gasteiger partial charge in [-0.2, -0.15) is 0 Å². The van der Waals surface area contributed by atoms with Crippen molar-refractivity contribution >= 4 is 0 Å². The molecule has 1 N–H and O–H groups in total. The second-order valence-corrected chi connectivity index (χ2v) is 6.83. The van der Waals surface area contributed by atoms with E-state index in [1.807, 2.05) is 12.1 Å². The molecule has 23 heavy (non-hydrogen) atoms. The summed E-state index contributed by atoms with van der Waals surface area (Å²) in [5.74, 6) is 0. The van der Waals surface area contributed by atoms with E-state index in [9.17, 15) is 5.11 Å². The predicted octanol–water partition coefficient (Wildman–Crippen LogP) is 2.76. The Kier molecular flexibility index (Phi) is 5.11. The minimum atomic E-state index is -0.599. The van der Waals surface area contributed by atoms with Gasteiger partial charge in [-0.15, -0.1) is 0 Å². The van der Waals surface area contributed by atoms with E-state index in [0.29, 0.717) is 6.54 Å². The highest BCUT2D eigenvalue weighted by molar-refractivity contribution is 5.16. The lowest BCUT2D eigenvalue weighted by Gasteiger charge is -2.29. The number of likely N-dealkylation sites (N-methyl/N-ethyl adjacent to an activating group) is 1. The second-order valence-electron chi connectivity index (χ2n) is 6.83. The van der Waals surface area contributed by atoms with Crippen molar-refractivity contribution in [2.24, 2.45) is 0 Å². The molecule has 1 unspecified atom stereocenters. The zero-order valence-corrected chi connectivity index (χ0v) is 13.9. The number of hydrogen-bond donors (Lipinski definition) is 1. The standard InChI is InChI=1S/C20H26N2O/c1-21(14-18-8-4-2-5-9-18)16-20(23)12-13-22(17-20)15-19-10-6-3-7-11-19/h2-11,23H,12-17H2,1H3. The fourth-order valence-electron chi connectivity index (χ4n) is 3.50. The maximum Gasteiger partial charge on any atom is 0.0912 e. The summed E-state index contributed by atoms with van der Waals surface area (Å²) in [5.41, 5.74) is 2.00. The third-order valence-electron chi connectivity index (χ3n) is 4.52. The Balaban J connectivity index is 1.52.